The molecule has 80 valence electrons. The van der Waals surface area contributed by atoms with Crippen LogP contribution in [0.5, 0.6) is 0 Å². The minimum absolute atomic E-state index is 0.0436. The van der Waals surface area contributed by atoms with E-state index in [0.717, 1.165) is 32.1 Å². The molecule has 0 saturated heterocycles. The van der Waals surface area contributed by atoms with Crippen LogP contribution in [0.1, 0.15) is 38.5 Å². The number of hydrogen-bond donors (Lipinski definition) is 1. The molecule has 4 saturated carbocycles. The van der Waals surface area contributed by atoms with Gasteiger partial charge in [0, 0.05) is 5.41 Å². The second kappa shape index (κ2) is 2.81. The molecule has 0 aromatic carbocycles. The number of aliphatic hydroxyl groups is 1. The third kappa shape index (κ3) is 1.25. The van der Waals surface area contributed by atoms with Crippen molar-refractivity contribution < 1.29 is 5.11 Å². The predicted octanol–water partition coefficient (Wildman–Crippen LogP) is 3.12. The fourth-order valence-corrected chi connectivity index (χ4v) is 5.05. The van der Waals surface area contributed by atoms with Crippen LogP contribution in [0.4, 0.5) is 0 Å². The van der Waals surface area contributed by atoms with Crippen molar-refractivity contribution in [3.05, 3.63) is 0 Å². The molecule has 4 fully saturated rings. The van der Waals surface area contributed by atoms with Gasteiger partial charge in [-0.05, 0) is 50.4 Å². The van der Waals surface area contributed by atoms with Crippen LogP contribution in [0, 0.1) is 17.3 Å². The summed E-state index contributed by atoms with van der Waals surface area (Å²) < 4.78 is 0. The van der Waals surface area contributed by atoms with E-state index < -0.39 is 5.60 Å². The van der Waals surface area contributed by atoms with Gasteiger partial charge >= 0.3 is 0 Å². The maximum Gasteiger partial charge on any atom is 0.113 e. The van der Waals surface area contributed by atoms with Crippen LogP contribution in [0.15, 0.2) is 0 Å². The van der Waals surface area contributed by atoms with E-state index in [1.54, 1.807) is 0 Å². The van der Waals surface area contributed by atoms with Crippen molar-refractivity contribution in [3.8, 4) is 0 Å². The normalized spacial score (nSPS) is 55.7. The van der Waals surface area contributed by atoms with Gasteiger partial charge in [0.1, 0.15) is 4.84 Å². The Labute approximate surface area is 94.8 Å². The Hall–Kier alpha value is 0.540. The van der Waals surface area contributed by atoms with E-state index in [-0.39, 0.29) is 10.3 Å². The number of hydrogen-bond acceptors (Lipinski definition) is 1. The quantitative estimate of drug-likeness (QED) is 0.692. The van der Waals surface area contributed by atoms with E-state index in [0.29, 0.717) is 11.8 Å². The van der Waals surface area contributed by atoms with Crippen molar-refractivity contribution in [2.45, 2.75) is 49.0 Å². The predicted molar refractivity (Wildman–Crippen MR) is 57.6 cm³/mol. The molecule has 4 aliphatic carbocycles. The van der Waals surface area contributed by atoms with E-state index in [9.17, 15) is 5.11 Å². The van der Waals surface area contributed by atoms with Gasteiger partial charge in [-0.1, -0.05) is 0 Å². The molecule has 3 heteroatoms. The molecule has 14 heavy (non-hydrogen) atoms. The zero-order valence-electron chi connectivity index (χ0n) is 8.18. The molecule has 0 aliphatic heterocycles. The zero-order chi connectivity index (χ0) is 9.97. The highest BCUT2D eigenvalue weighted by Crippen LogP contribution is 2.64. The van der Waals surface area contributed by atoms with Gasteiger partial charge in [0.15, 0.2) is 0 Å². The van der Waals surface area contributed by atoms with Crippen molar-refractivity contribution in [1.82, 2.24) is 0 Å². The number of halogens is 2. The molecule has 2 unspecified atom stereocenters. The first kappa shape index (κ1) is 9.74. The SMILES string of the molecule is OC12CC3CC(C1)CC(C(Cl)Cl)(C3)C2. The molecule has 0 spiro atoms. The summed E-state index contributed by atoms with van der Waals surface area (Å²) in [4.78, 5) is -0.292. The lowest BCUT2D eigenvalue weighted by molar-refractivity contribution is -0.159. The lowest BCUT2D eigenvalue weighted by atomic mass is 9.48. The Morgan fingerprint density at radius 1 is 1.07 bits per heavy atom. The molecule has 0 radical (unpaired) electrons. The summed E-state index contributed by atoms with van der Waals surface area (Å²) in [5.74, 6) is 1.36. The van der Waals surface area contributed by atoms with Gasteiger partial charge < -0.3 is 5.11 Å². The van der Waals surface area contributed by atoms with E-state index >= 15 is 0 Å². The molecule has 1 N–H and O–H groups in total. The van der Waals surface area contributed by atoms with Gasteiger partial charge in [0.2, 0.25) is 0 Å². The second-order valence-electron chi connectivity index (χ2n) is 5.85. The standard InChI is InChI=1S/C11H16Cl2O/c12-9(13)10-2-7-1-8(3-10)5-11(14,4-7)6-10/h7-9,14H,1-6H2. The zero-order valence-corrected chi connectivity index (χ0v) is 9.69. The van der Waals surface area contributed by atoms with Crippen LogP contribution in [0.25, 0.3) is 0 Å². The van der Waals surface area contributed by atoms with Crippen LogP contribution in [-0.4, -0.2) is 15.5 Å². The minimum Gasteiger partial charge on any atom is -0.390 e. The van der Waals surface area contributed by atoms with Gasteiger partial charge in [-0.2, -0.15) is 0 Å². The van der Waals surface area contributed by atoms with E-state index in [4.69, 9.17) is 23.2 Å². The third-order valence-electron chi connectivity index (χ3n) is 4.54. The number of rotatable bonds is 1. The fourth-order valence-electron chi connectivity index (χ4n) is 4.54. The Morgan fingerprint density at radius 2 is 1.64 bits per heavy atom. The maximum atomic E-state index is 10.4. The van der Waals surface area contributed by atoms with Crippen LogP contribution < -0.4 is 0 Å². The van der Waals surface area contributed by atoms with Crippen molar-refractivity contribution in [2.24, 2.45) is 17.3 Å². The Kier molecular flexibility index (Phi) is 1.95. The van der Waals surface area contributed by atoms with E-state index in [1.165, 1.54) is 6.42 Å². The smallest absolute Gasteiger partial charge is 0.113 e. The van der Waals surface area contributed by atoms with Crippen molar-refractivity contribution in [1.29, 1.82) is 0 Å². The van der Waals surface area contributed by atoms with Crippen LogP contribution >= 0.6 is 23.2 Å². The number of alkyl halides is 2. The van der Waals surface area contributed by atoms with E-state index in [1.807, 2.05) is 0 Å². The summed E-state index contributed by atoms with van der Waals surface area (Å²) in [5.41, 5.74) is -0.381. The molecular weight excluding hydrogens is 219 g/mol. The third-order valence-corrected chi connectivity index (χ3v) is 5.46. The molecule has 0 aromatic rings. The van der Waals surface area contributed by atoms with Gasteiger partial charge in [-0.3, -0.25) is 0 Å². The molecule has 4 bridgehead atoms. The monoisotopic (exact) mass is 234 g/mol. The molecule has 4 rings (SSSR count). The first-order valence-electron chi connectivity index (χ1n) is 5.52. The second-order valence-corrected chi connectivity index (χ2v) is 6.94. The lowest BCUT2D eigenvalue weighted by Gasteiger charge is -2.60. The highest BCUT2D eigenvalue weighted by Gasteiger charge is 2.59. The Morgan fingerprint density at radius 3 is 2.07 bits per heavy atom. The molecule has 0 aromatic heterocycles. The Bertz CT molecular complexity index is 250. The van der Waals surface area contributed by atoms with Gasteiger partial charge in [-0.25, -0.2) is 0 Å². The molecule has 0 heterocycles. The first-order chi connectivity index (χ1) is 6.51. The van der Waals surface area contributed by atoms with Gasteiger partial charge in [0.05, 0.1) is 5.60 Å². The highest BCUT2D eigenvalue weighted by molar-refractivity contribution is 6.44. The van der Waals surface area contributed by atoms with Crippen molar-refractivity contribution in [3.63, 3.8) is 0 Å². The van der Waals surface area contributed by atoms with Crippen LogP contribution in [0.3, 0.4) is 0 Å². The molecule has 2 atom stereocenters. The summed E-state index contributed by atoms with van der Waals surface area (Å²) in [7, 11) is 0. The Balaban J connectivity index is 1.96. The van der Waals surface area contributed by atoms with Gasteiger partial charge in [-0.15, -0.1) is 23.2 Å². The molecule has 4 aliphatic rings. The molecule has 0 amide bonds. The minimum atomic E-state index is -0.424. The van der Waals surface area contributed by atoms with Gasteiger partial charge in [0.25, 0.3) is 0 Å². The average molecular weight is 235 g/mol. The summed E-state index contributed by atoms with van der Waals surface area (Å²) in [6.45, 7) is 0. The highest BCUT2D eigenvalue weighted by atomic mass is 35.5. The molecular formula is C11H16Cl2O. The lowest BCUT2D eigenvalue weighted by Crippen LogP contribution is -2.57. The average Bonchev–Trinajstić information content (AvgIpc) is 1.98. The summed E-state index contributed by atoms with van der Waals surface area (Å²) >= 11 is 12.2. The fraction of sp³-hybridized carbons (Fsp3) is 1.00. The van der Waals surface area contributed by atoms with Crippen molar-refractivity contribution in [2.75, 3.05) is 0 Å². The summed E-state index contributed by atoms with van der Waals surface area (Å²) in [5, 5.41) is 10.4. The summed E-state index contributed by atoms with van der Waals surface area (Å²) in [6.07, 6.45) is 6.40. The summed E-state index contributed by atoms with van der Waals surface area (Å²) in [6, 6.07) is 0. The van der Waals surface area contributed by atoms with Crippen molar-refractivity contribution >= 4 is 23.2 Å². The van der Waals surface area contributed by atoms with Crippen LogP contribution in [0.2, 0.25) is 0 Å². The topological polar surface area (TPSA) is 20.2 Å². The largest absolute Gasteiger partial charge is 0.390 e. The van der Waals surface area contributed by atoms with Crippen LogP contribution in [-0.2, 0) is 0 Å². The first-order valence-corrected chi connectivity index (χ1v) is 6.39. The maximum absolute atomic E-state index is 10.4. The van der Waals surface area contributed by atoms with E-state index in [2.05, 4.69) is 0 Å². The molecule has 1 nitrogen and oxygen atoms in total.